The molecule has 1 aliphatic carbocycles. The molecule has 14 rings (SSSR count). The Labute approximate surface area is 405 Å². The van der Waals surface area contributed by atoms with Crippen molar-refractivity contribution in [2.24, 2.45) is 0 Å². The van der Waals surface area contributed by atoms with Crippen LogP contribution in [0.3, 0.4) is 0 Å². The van der Waals surface area contributed by atoms with Crippen LogP contribution >= 0.6 is 0 Å². The van der Waals surface area contributed by atoms with Gasteiger partial charge in [0, 0.05) is 38.6 Å². The highest BCUT2D eigenvalue weighted by molar-refractivity contribution is 6.07. The van der Waals surface area contributed by atoms with Gasteiger partial charge in [-0.05, 0) is 146 Å². The normalized spacial score (nSPS) is 12.7. The highest BCUT2D eigenvalue weighted by Gasteiger charge is 2.46. The third-order valence-corrected chi connectivity index (χ3v) is 14.6. The van der Waals surface area contributed by atoms with E-state index in [0.29, 0.717) is 0 Å². The lowest BCUT2D eigenvalue weighted by molar-refractivity contribution is 0.668. The zero-order valence-corrected chi connectivity index (χ0v) is 38.1. The lowest BCUT2D eigenvalue weighted by Crippen LogP contribution is -2.28. The van der Waals surface area contributed by atoms with Gasteiger partial charge in [0.1, 0.15) is 22.3 Å². The molecule has 0 saturated heterocycles. The van der Waals surface area contributed by atoms with E-state index in [-0.39, 0.29) is 0 Å². The van der Waals surface area contributed by atoms with Gasteiger partial charge in [-0.25, -0.2) is 0 Å². The second-order valence-corrected chi connectivity index (χ2v) is 18.4. The van der Waals surface area contributed by atoms with Gasteiger partial charge in [-0.15, -0.1) is 0 Å². The van der Waals surface area contributed by atoms with Crippen LogP contribution < -0.4 is 4.90 Å². The standard InChI is InChI=1S/C67H43NO2/c1-3-15-50(16-4-1)67(51-17-5-2-6-18-51)61-23-10-7-20-55(61)58-41-49(30-37-62(58)67)46-14-13-19-54(40-46)68(52-33-26-44(27-34-52)47-31-38-65-59(42-47)56-21-8-11-24-63(56)69-65)53-35-28-45(29-36-53)48-32-39-66-60(43-48)57-22-9-12-25-64(57)70-66/h1-43H. The van der Waals surface area contributed by atoms with Gasteiger partial charge in [-0.2, -0.15) is 0 Å². The second-order valence-electron chi connectivity index (χ2n) is 18.4. The molecule has 0 N–H and O–H groups in total. The third kappa shape index (κ3) is 6.29. The molecule has 0 bridgehead atoms. The number of hydrogen-bond acceptors (Lipinski definition) is 3. The molecule has 0 radical (unpaired) electrons. The van der Waals surface area contributed by atoms with Crippen LogP contribution in [0.4, 0.5) is 17.1 Å². The maximum absolute atomic E-state index is 6.17. The Morgan fingerprint density at radius 1 is 0.257 bits per heavy atom. The molecule has 0 fully saturated rings. The molecule has 1 aliphatic rings. The van der Waals surface area contributed by atoms with E-state index >= 15 is 0 Å². The molecule has 0 amide bonds. The zero-order valence-electron chi connectivity index (χ0n) is 38.1. The maximum atomic E-state index is 6.17. The van der Waals surface area contributed by atoms with Crippen LogP contribution in [0.2, 0.25) is 0 Å². The Morgan fingerprint density at radius 3 is 1.29 bits per heavy atom. The van der Waals surface area contributed by atoms with E-state index in [4.69, 9.17) is 8.83 Å². The molecule has 11 aromatic carbocycles. The van der Waals surface area contributed by atoms with Crippen LogP contribution in [0.15, 0.2) is 270 Å². The first-order valence-electron chi connectivity index (χ1n) is 24.0. The van der Waals surface area contributed by atoms with E-state index in [1.54, 1.807) is 0 Å². The molecule has 0 saturated carbocycles. The Balaban J connectivity index is 0.878. The molecule has 0 spiro atoms. The second kappa shape index (κ2) is 16.0. The summed E-state index contributed by atoms with van der Waals surface area (Å²) in [5.41, 5.74) is 20.9. The topological polar surface area (TPSA) is 29.5 Å². The fourth-order valence-corrected chi connectivity index (χ4v) is 11.3. The highest BCUT2D eigenvalue weighted by atomic mass is 16.3. The molecule has 3 heteroatoms. The van der Waals surface area contributed by atoms with Gasteiger partial charge < -0.3 is 13.7 Å². The summed E-state index contributed by atoms with van der Waals surface area (Å²) < 4.78 is 12.3. The number of para-hydroxylation sites is 2. The fraction of sp³-hybridized carbons (Fsp3) is 0.0149. The molecular formula is C67H43NO2. The first-order chi connectivity index (χ1) is 34.7. The number of fused-ring (bicyclic) bond motifs is 9. The van der Waals surface area contributed by atoms with Gasteiger partial charge in [-0.3, -0.25) is 0 Å². The molecule has 70 heavy (non-hydrogen) atoms. The van der Waals surface area contributed by atoms with Gasteiger partial charge in [0.2, 0.25) is 0 Å². The van der Waals surface area contributed by atoms with Crippen molar-refractivity contribution in [2.45, 2.75) is 5.41 Å². The number of nitrogens with zero attached hydrogens (tertiary/aromatic N) is 1. The third-order valence-electron chi connectivity index (χ3n) is 14.6. The summed E-state index contributed by atoms with van der Waals surface area (Å²) in [4.78, 5) is 2.37. The lowest BCUT2D eigenvalue weighted by Gasteiger charge is -2.33. The minimum Gasteiger partial charge on any atom is -0.456 e. The zero-order chi connectivity index (χ0) is 46.2. The first-order valence-corrected chi connectivity index (χ1v) is 24.0. The molecule has 328 valence electrons. The summed E-state index contributed by atoms with van der Waals surface area (Å²) in [6.45, 7) is 0. The van der Waals surface area contributed by atoms with Gasteiger partial charge in [0.05, 0.1) is 5.41 Å². The van der Waals surface area contributed by atoms with E-state index in [2.05, 4.69) is 241 Å². The summed E-state index contributed by atoms with van der Waals surface area (Å²) >= 11 is 0. The molecule has 2 heterocycles. The van der Waals surface area contributed by atoms with Gasteiger partial charge in [0.25, 0.3) is 0 Å². The Morgan fingerprint density at radius 2 is 0.700 bits per heavy atom. The Kier molecular flexibility index (Phi) is 9.11. The quantitative estimate of drug-likeness (QED) is 0.152. The van der Waals surface area contributed by atoms with Crippen molar-refractivity contribution in [3.63, 3.8) is 0 Å². The van der Waals surface area contributed by atoms with Crippen molar-refractivity contribution in [3.8, 4) is 44.5 Å². The monoisotopic (exact) mass is 893 g/mol. The highest BCUT2D eigenvalue weighted by Crippen LogP contribution is 2.57. The van der Waals surface area contributed by atoms with E-state index in [0.717, 1.165) is 88.8 Å². The molecular weight excluding hydrogens is 851 g/mol. The maximum Gasteiger partial charge on any atom is 0.135 e. The predicted molar refractivity (Wildman–Crippen MR) is 289 cm³/mol. The lowest BCUT2D eigenvalue weighted by atomic mass is 9.67. The largest absolute Gasteiger partial charge is 0.456 e. The molecule has 13 aromatic rings. The molecule has 2 aromatic heterocycles. The SMILES string of the molecule is c1ccc(C2(c3ccccc3)c3ccccc3-c3cc(-c4cccc(N(c5ccc(-c6ccc7oc8ccccc8c7c6)cc5)c5ccc(-c6ccc7oc8ccccc8c7c6)cc5)c4)ccc32)cc1. The van der Waals surface area contributed by atoms with Crippen molar-refractivity contribution in [2.75, 3.05) is 4.90 Å². The van der Waals surface area contributed by atoms with Gasteiger partial charge in [-0.1, -0.05) is 182 Å². The van der Waals surface area contributed by atoms with E-state index in [1.807, 2.05) is 24.3 Å². The van der Waals surface area contributed by atoms with Crippen LogP contribution in [-0.2, 0) is 5.41 Å². The summed E-state index contributed by atoms with van der Waals surface area (Å²) in [6.07, 6.45) is 0. The van der Waals surface area contributed by atoms with Gasteiger partial charge >= 0.3 is 0 Å². The van der Waals surface area contributed by atoms with Gasteiger partial charge in [0.15, 0.2) is 0 Å². The fourth-order valence-electron chi connectivity index (χ4n) is 11.3. The van der Waals surface area contributed by atoms with Crippen LogP contribution in [0.1, 0.15) is 22.3 Å². The molecule has 0 unspecified atom stereocenters. The first kappa shape index (κ1) is 39.9. The van der Waals surface area contributed by atoms with Crippen molar-refractivity contribution in [3.05, 3.63) is 283 Å². The summed E-state index contributed by atoms with van der Waals surface area (Å²) in [5.74, 6) is 0. The van der Waals surface area contributed by atoms with E-state index < -0.39 is 5.41 Å². The number of furan rings is 2. The van der Waals surface area contributed by atoms with Crippen molar-refractivity contribution in [1.82, 2.24) is 0 Å². The average Bonchev–Trinajstić information content (AvgIpc) is 4.10. The number of anilines is 3. The van der Waals surface area contributed by atoms with Crippen molar-refractivity contribution < 1.29 is 8.83 Å². The van der Waals surface area contributed by atoms with Crippen LogP contribution in [-0.4, -0.2) is 0 Å². The Hall–Kier alpha value is -9.18. The summed E-state index contributed by atoms with van der Waals surface area (Å²) in [5, 5.41) is 4.50. The van der Waals surface area contributed by atoms with Crippen LogP contribution in [0.5, 0.6) is 0 Å². The van der Waals surface area contributed by atoms with Crippen LogP contribution in [0, 0.1) is 0 Å². The smallest absolute Gasteiger partial charge is 0.135 e. The molecule has 3 nitrogen and oxygen atoms in total. The number of benzene rings is 11. The number of hydrogen-bond donors (Lipinski definition) is 0. The van der Waals surface area contributed by atoms with Crippen LogP contribution in [0.25, 0.3) is 88.4 Å². The minimum atomic E-state index is -0.444. The Bertz CT molecular complexity index is 3910. The summed E-state index contributed by atoms with van der Waals surface area (Å²) in [7, 11) is 0. The molecule has 0 aliphatic heterocycles. The van der Waals surface area contributed by atoms with Crippen molar-refractivity contribution >= 4 is 60.9 Å². The van der Waals surface area contributed by atoms with E-state index in [1.165, 1.54) is 38.9 Å². The number of rotatable bonds is 8. The predicted octanol–water partition coefficient (Wildman–Crippen LogP) is 18.3. The summed E-state index contributed by atoms with van der Waals surface area (Å²) in [6, 6.07) is 94.5. The average molecular weight is 894 g/mol. The van der Waals surface area contributed by atoms with E-state index in [9.17, 15) is 0 Å². The van der Waals surface area contributed by atoms with Crippen molar-refractivity contribution in [1.29, 1.82) is 0 Å². The minimum absolute atomic E-state index is 0.444. The molecule has 0 atom stereocenters.